The molecule has 1 N–H and O–H groups in total. The van der Waals surface area contributed by atoms with Gasteiger partial charge in [-0.2, -0.15) is 0 Å². The first-order chi connectivity index (χ1) is 7.68. The molecule has 1 atom stereocenters. The fraction of sp³-hybridized carbons (Fsp3) is 0.533. The van der Waals surface area contributed by atoms with Gasteiger partial charge in [0, 0.05) is 5.56 Å². The Bertz CT molecular complexity index is 394. The quantitative estimate of drug-likeness (QED) is 0.814. The summed E-state index contributed by atoms with van der Waals surface area (Å²) in [6.07, 6.45) is 0.423. The molecule has 2 nitrogen and oxygen atoms in total. The van der Waals surface area contributed by atoms with Crippen LogP contribution in [0.5, 0.6) is 0 Å². The van der Waals surface area contributed by atoms with Gasteiger partial charge in [-0.15, -0.1) is 0 Å². The van der Waals surface area contributed by atoms with Crippen LogP contribution in [0.25, 0.3) is 0 Å². The zero-order valence-electron chi connectivity index (χ0n) is 11.4. The highest BCUT2D eigenvalue weighted by molar-refractivity contribution is 6.02. The van der Waals surface area contributed by atoms with Gasteiger partial charge in [0.2, 0.25) is 0 Å². The van der Waals surface area contributed by atoms with E-state index in [2.05, 4.69) is 20.8 Å². The van der Waals surface area contributed by atoms with Crippen molar-refractivity contribution in [2.75, 3.05) is 0 Å². The molecule has 1 aromatic carbocycles. The molecule has 0 fully saturated rings. The lowest BCUT2D eigenvalue weighted by atomic mass is 9.85. The summed E-state index contributed by atoms with van der Waals surface area (Å²) in [5.41, 5.74) is 0.577. The van der Waals surface area contributed by atoms with Crippen molar-refractivity contribution in [3.63, 3.8) is 0 Å². The van der Waals surface area contributed by atoms with Crippen LogP contribution in [0.1, 0.15) is 57.0 Å². The molecule has 17 heavy (non-hydrogen) atoms. The van der Waals surface area contributed by atoms with Crippen LogP contribution in [-0.4, -0.2) is 16.5 Å². The monoisotopic (exact) mass is 234 g/mol. The van der Waals surface area contributed by atoms with E-state index in [0.717, 1.165) is 0 Å². The molecule has 1 unspecified atom stereocenters. The SMILES string of the molecule is CCC(C)(O)C(=O)c1ccc(C(C)(C)C)cc1. The number of rotatable bonds is 3. The van der Waals surface area contributed by atoms with Gasteiger partial charge in [0.05, 0.1) is 0 Å². The van der Waals surface area contributed by atoms with E-state index in [-0.39, 0.29) is 11.2 Å². The van der Waals surface area contributed by atoms with E-state index in [0.29, 0.717) is 12.0 Å². The largest absolute Gasteiger partial charge is 0.382 e. The maximum absolute atomic E-state index is 12.0. The lowest BCUT2D eigenvalue weighted by Crippen LogP contribution is -2.34. The van der Waals surface area contributed by atoms with E-state index in [4.69, 9.17) is 0 Å². The summed E-state index contributed by atoms with van der Waals surface area (Å²) in [5.74, 6) is -0.208. The van der Waals surface area contributed by atoms with Crippen LogP contribution < -0.4 is 0 Å². The molecule has 94 valence electrons. The molecule has 1 rings (SSSR count). The van der Waals surface area contributed by atoms with E-state index in [9.17, 15) is 9.90 Å². The van der Waals surface area contributed by atoms with Gasteiger partial charge in [0.1, 0.15) is 5.60 Å². The van der Waals surface area contributed by atoms with Crippen molar-refractivity contribution < 1.29 is 9.90 Å². The number of hydrogen-bond donors (Lipinski definition) is 1. The minimum atomic E-state index is -1.26. The van der Waals surface area contributed by atoms with Gasteiger partial charge in [0.15, 0.2) is 5.78 Å². The van der Waals surface area contributed by atoms with Crippen molar-refractivity contribution in [1.82, 2.24) is 0 Å². The maximum Gasteiger partial charge on any atom is 0.194 e. The van der Waals surface area contributed by atoms with Crippen LogP contribution in [0.2, 0.25) is 0 Å². The molecule has 2 heteroatoms. The third kappa shape index (κ3) is 3.16. The van der Waals surface area contributed by atoms with Gasteiger partial charge in [-0.05, 0) is 24.3 Å². The number of Topliss-reactive ketones (excluding diaryl/α,β-unsaturated/α-hetero) is 1. The lowest BCUT2D eigenvalue weighted by molar-refractivity contribution is 0.0390. The second-order valence-electron chi connectivity index (χ2n) is 5.78. The Morgan fingerprint density at radius 1 is 1.12 bits per heavy atom. The van der Waals surface area contributed by atoms with Crippen LogP contribution >= 0.6 is 0 Å². The van der Waals surface area contributed by atoms with E-state index in [1.54, 1.807) is 26.0 Å². The number of ketones is 1. The van der Waals surface area contributed by atoms with Gasteiger partial charge >= 0.3 is 0 Å². The summed E-state index contributed by atoms with van der Waals surface area (Å²) < 4.78 is 0. The number of carbonyl (C=O) groups is 1. The number of carbonyl (C=O) groups excluding carboxylic acids is 1. The fourth-order valence-electron chi connectivity index (χ4n) is 1.59. The third-order valence-electron chi connectivity index (χ3n) is 3.19. The minimum absolute atomic E-state index is 0.0782. The van der Waals surface area contributed by atoms with Gasteiger partial charge in [-0.1, -0.05) is 52.0 Å². The van der Waals surface area contributed by atoms with Crippen LogP contribution in [-0.2, 0) is 5.41 Å². The Morgan fingerprint density at radius 2 is 1.59 bits per heavy atom. The van der Waals surface area contributed by atoms with Crippen molar-refractivity contribution >= 4 is 5.78 Å². The smallest absolute Gasteiger partial charge is 0.194 e. The van der Waals surface area contributed by atoms with Crippen molar-refractivity contribution in [3.05, 3.63) is 35.4 Å². The predicted octanol–water partition coefficient (Wildman–Crippen LogP) is 3.33. The zero-order valence-corrected chi connectivity index (χ0v) is 11.4. The molecule has 0 aliphatic heterocycles. The van der Waals surface area contributed by atoms with Crippen molar-refractivity contribution in [2.45, 2.75) is 52.1 Å². The van der Waals surface area contributed by atoms with Crippen molar-refractivity contribution in [2.24, 2.45) is 0 Å². The third-order valence-corrected chi connectivity index (χ3v) is 3.19. The average Bonchev–Trinajstić information content (AvgIpc) is 2.27. The number of aliphatic hydroxyl groups is 1. The average molecular weight is 234 g/mol. The van der Waals surface area contributed by atoms with E-state index in [1.165, 1.54) is 5.56 Å². The lowest BCUT2D eigenvalue weighted by Gasteiger charge is -2.22. The van der Waals surface area contributed by atoms with Crippen LogP contribution in [0, 0.1) is 0 Å². The Labute approximate surface area is 104 Å². The van der Waals surface area contributed by atoms with Crippen LogP contribution in [0.15, 0.2) is 24.3 Å². The summed E-state index contributed by atoms with van der Waals surface area (Å²) in [7, 11) is 0. The summed E-state index contributed by atoms with van der Waals surface area (Å²) in [6.45, 7) is 9.76. The van der Waals surface area contributed by atoms with Gasteiger partial charge in [0.25, 0.3) is 0 Å². The van der Waals surface area contributed by atoms with Crippen molar-refractivity contribution in [3.8, 4) is 0 Å². The van der Waals surface area contributed by atoms with Gasteiger partial charge in [-0.25, -0.2) is 0 Å². The highest BCUT2D eigenvalue weighted by Crippen LogP contribution is 2.24. The maximum atomic E-state index is 12.0. The first-order valence-corrected chi connectivity index (χ1v) is 6.06. The highest BCUT2D eigenvalue weighted by Gasteiger charge is 2.29. The highest BCUT2D eigenvalue weighted by atomic mass is 16.3. The van der Waals surface area contributed by atoms with Crippen LogP contribution in [0.4, 0.5) is 0 Å². The summed E-state index contributed by atoms with van der Waals surface area (Å²) in [6, 6.07) is 7.51. The molecule has 0 spiro atoms. The molecular weight excluding hydrogens is 212 g/mol. The second kappa shape index (κ2) is 4.61. The van der Waals surface area contributed by atoms with E-state index < -0.39 is 5.60 Å². The normalized spacial score (nSPS) is 15.4. The first kappa shape index (κ1) is 13.9. The Hall–Kier alpha value is -1.15. The number of hydrogen-bond acceptors (Lipinski definition) is 2. The van der Waals surface area contributed by atoms with Gasteiger partial charge in [-0.3, -0.25) is 4.79 Å². The van der Waals surface area contributed by atoms with E-state index in [1.807, 2.05) is 12.1 Å². The molecule has 1 aromatic rings. The standard InChI is InChI=1S/C15H22O2/c1-6-15(5,17)13(16)11-7-9-12(10-8-11)14(2,3)4/h7-10,17H,6H2,1-5H3. The summed E-state index contributed by atoms with van der Waals surface area (Å²) in [5, 5.41) is 9.92. The molecule has 0 aromatic heterocycles. The van der Waals surface area contributed by atoms with Crippen molar-refractivity contribution in [1.29, 1.82) is 0 Å². The topological polar surface area (TPSA) is 37.3 Å². The molecule has 0 bridgehead atoms. The van der Waals surface area contributed by atoms with Crippen LogP contribution in [0.3, 0.4) is 0 Å². The molecule has 0 saturated carbocycles. The molecule has 0 aliphatic carbocycles. The molecule has 0 saturated heterocycles. The summed E-state index contributed by atoms with van der Waals surface area (Å²) >= 11 is 0. The molecule has 0 amide bonds. The minimum Gasteiger partial charge on any atom is -0.382 e. The first-order valence-electron chi connectivity index (χ1n) is 6.06. The second-order valence-corrected chi connectivity index (χ2v) is 5.78. The summed E-state index contributed by atoms with van der Waals surface area (Å²) in [4.78, 5) is 12.0. The Morgan fingerprint density at radius 3 is 1.94 bits per heavy atom. The zero-order chi connectivity index (χ0) is 13.3. The molecular formula is C15H22O2. The Kier molecular flexibility index (Phi) is 3.78. The molecule has 0 radical (unpaired) electrons. The molecule has 0 heterocycles. The Balaban J connectivity index is 3.00. The number of benzene rings is 1. The predicted molar refractivity (Wildman–Crippen MR) is 70.4 cm³/mol. The fourth-order valence-corrected chi connectivity index (χ4v) is 1.59. The van der Waals surface area contributed by atoms with Gasteiger partial charge < -0.3 is 5.11 Å². The molecule has 0 aliphatic rings. The van der Waals surface area contributed by atoms with E-state index >= 15 is 0 Å².